The van der Waals surface area contributed by atoms with Crippen LogP contribution in [0.15, 0.2) is 24.3 Å². The Bertz CT molecular complexity index is 643. The van der Waals surface area contributed by atoms with E-state index >= 15 is 0 Å². The number of unbranched alkanes of at least 4 members (excludes halogenated alkanes) is 1. The van der Waals surface area contributed by atoms with Crippen LogP contribution in [0.25, 0.3) is 11.1 Å². The summed E-state index contributed by atoms with van der Waals surface area (Å²) < 4.78 is 0. The second-order valence-electron chi connectivity index (χ2n) is 6.13. The zero-order valence-electron chi connectivity index (χ0n) is 15.1. The number of nitrogens with two attached hydrogens (primary N) is 1. The first-order valence-electron chi connectivity index (χ1n) is 8.95. The van der Waals surface area contributed by atoms with Crippen molar-refractivity contribution in [2.75, 3.05) is 18.9 Å². The van der Waals surface area contributed by atoms with Crippen LogP contribution in [0.3, 0.4) is 0 Å². The van der Waals surface area contributed by atoms with Crippen LogP contribution in [0.1, 0.15) is 43.4 Å². The molecular weight excluding hydrogens is 316 g/mol. The Kier molecular flexibility index (Phi) is 7.22. The fraction of sp³-hybridized carbons (Fsp3) is 0.450. The van der Waals surface area contributed by atoms with Crippen LogP contribution in [0.4, 0.5) is 5.69 Å². The van der Waals surface area contributed by atoms with Gasteiger partial charge in [-0.05, 0) is 53.5 Å². The van der Waals surface area contributed by atoms with Crippen molar-refractivity contribution in [2.45, 2.75) is 46.0 Å². The zero-order valence-corrected chi connectivity index (χ0v) is 15.1. The van der Waals surface area contributed by atoms with E-state index in [0.29, 0.717) is 19.4 Å². The minimum atomic E-state index is -0.180. The van der Waals surface area contributed by atoms with Gasteiger partial charge >= 0.3 is 0 Å². The van der Waals surface area contributed by atoms with Crippen LogP contribution in [-0.2, 0) is 28.9 Å². The number of rotatable bonds is 9. The Hall–Kier alpha value is -2.11. The van der Waals surface area contributed by atoms with Crippen molar-refractivity contribution in [3.8, 4) is 11.1 Å². The average Bonchev–Trinajstić information content (AvgIpc) is 2.71. The number of nitrogen functional groups attached to an aromatic ring is 1. The standard InChI is InChI=1S/C20H28N2O3/c1-3-15-17-9-7-14(8-10-18(17)16(4-2)20(15)21)13-19(24)22-25-12-6-5-11-23/h7-10,23H,3-6,11-13,21H2,1-2H3,(H,22,24). The molecule has 2 aliphatic rings. The average molecular weight is 344 g/mol. The quantitative estimate of drug-likeness (QED) is 0.482. The zero-order chi connectivity index (χ0) is 18.2. The molecule has 2 rings (SSSR count). The van der Waals surface area contributed by atoms with E-state index in [1.807, 2.05) is 12.1 Å². The Morgan fingerprint density at radius 3 is 2.20 bits per heavy atom. The predicted molar refractivity (Wildman–Crippen MR) is 100 cm³/mol. The summed E-state index contributed by atoms with van der Waals surface area (Å²) in [5.74, 6) is -0.180. The molecular formula is C20H28N2O3. The van der Waals surface area contributed by atoms with Gasteiger partial charge in [0.25, 0.3) is 0 Å². The first kappa shape index (κ1) is 19.2. The summed E-state index contributed by atoms with van der Waals surface area (Å²) in [6, 6.07) is 8.08. The van der Waals surface area contributed by atoms with E-state index in [-0.39, 0.29) is 18.9 Å². The number of aliphatic hydroxyl groups is 1. The highest BCUT2D eigenvalue weighted by Crippen LogP contribution is 2.39. The fourth-order valence-electron chi connectivity index (χ4n) is 3.13. The van der Waals surface area contributed by atoms with Crippen molar-refractivity contribution in [1.29, 1.82) is 0 Å². The fourth-order valence-corrected chi connectivity index (χ4v) is 3.13. The Morgan fingerprint density at radius 1 is 1.08 bits per heavy atom. The lowest BCUT2D eigenvalue weighted by Crippen LogP contribution is -2.25. The van der Waals surface area contributed by atoms with Gasteiger partial charge in [0.05, 0.1) is 13.0 Å². The van der Waals surface area contributed by atoms with Crippen LogP contribution in [0, 0.1) is 0 Å². The Balaban J connectivity index is 2.09. The molecule has 0 fully saturated rings. The van der Waals surface area contributed by atoms with Gasteiger partial charge in [-0.2, -0.15) is 0 Å². The van der Waals surface area contributed by atoms with E-state index in [9.17, 15) is 4.79 Å². The lowest BCUT2D eigenvalue weighted by molar-refractivity contribution is -0.132. The van der Waals surface area contributed by atoms with E-state index in [0.717, 1.165) is 24.1 Å². The summed E-state index contributed by atoms with van der Waals surface area (Å²) >= 11 is 0. The maximum absolute atomic E-state index is 12.0. The van der Waals surface area contributed by atoms with Gasteiger partial charge in [-0.1, -0.05) is 38.1 Å². The van der Waals surface area contributed by atoms with Gasteiger partial charge in [0.15, 0.2) is 0 Å². The second-order valence-corrected chi connectivity index (χ2v) is 6.13. The highest BCUT2D eigenvalue weighted by atomic mass is 16.6. The molecule has 2 aliphatic carbocycles. The topological polar surface area (TPSA) is 84.6 Å². The van der Waals surface area contributed by atoms with Crippen molar-refractivity contribution >= 4 is 11.6 Å². The molecule has 0 aromatic heterocycles. The van der Waals surface area contributed by atoms with E-state index in [4.69, 9.17) is 15.7 Å². The molecule has 0 heterocycles. The minimum Gasteiger partial charge on any atom is -0.398 e. The summed E-state index contributed by atoms with van der Waals surface area (Å²) in [5, 5.41) is 8.70. The molecule has 5 heteroatoms. The highest BCUT2D eigenvalue weighted by Gasteiger charge is 2.18. The maximum atomic E-state index is 12.0. The molecule has 136 valence electrons. The summed E-state index contributed by atoms with van der Waals surface area (Å²) in [5.41, 5.74) is 15.3. The third-order valence-corrected chi connectivity index (χ3v) is 4.43. The van der Waals surface area contributed by atoms with Gasteiger partial charge in [-0.25, -0.2) is 5.48 Å². The number of carbonyl (C=O) groups is 1. The van der Waals surface area contributed by atoms with Crippen LogP contribution in [-0.4, -0.2) is 24.2 Å². The number of hydroxylamine groups is 1. The number of anilines is 1. The van der Waals surface area contributed by atoms with Crippen molar-refractivity contribution in [3.63, 3.8) is 0 Å². The van der Waals surface area contributed by atoms with Crippen molar-refractivity contribution < 1.29 is 14.7 Å². The molecule has 25 heavy (non-hydrogen) atoms. The summed E-state index contributed by atoms with van der Waals surface area (Å²) in [6.07, 6.45) is 3.43. The van der Waals surface area contributed by atoms with E-state index in [1.54, 1.807) is 0 Å². The second kappa shape index (κ2) is 9.39. The van der Waals surface area contributed by atoms with Crippen LogP contribution in [0.2, 0.25) is 0 Å². The van der Waals surface area contributed by atoms with Gasteiger partial charge in [0, 0.05) is 12.3 Å². The van der Waals surface area contributed by atoms with E-state index in [1.165, 1.54) is 22.3 Å². The molecule has 0 spiro atoms. The van der Waals surface area contributed by atoms with E-state index in [2.05, 4.69) is 31.5 Å². The molecule has 0 bridgehead atoms. The third kappa shape index (κ3) is 4.71. The monoisotopic (exact) mass is 344 g/mol. The third-order valence-electron chi connectivity index (χ3n) is 4.43. The van der Waals surface area contributed by atoms with Crippen molar-refractivity contribution in [1.82, 2.24) is 5.48 Å². The lowest BCUT2D eigenvalue weighted by Gasteiger charge is -2.04. The summed E-state index contributed by atoms with van der Waals surface area (Å²) in [7, 11) is 0. The van der Waals surface area contributed by atoms with Crippen molar-refractivity contribution in [3.05, 3.63) is 41.0 Å². The molecule has 0 aromatic carbocycles. The number of fused-ring (bicyclic) bond motifs is 1. The number of carbonyl (C=O) groups excluding carboxylic acids is 1. The number of aliphatic hydroxyl groups excluding tert-OH is 1. The molecule has 0 saturated carbocycles. The number of hydrogen-bond donors (Lipinski definition) is 3. The predicted octanol–water partition coefficient (Wildman–Crippen LogP) is 2.86. The molecule has 0 unspecified atom stereocenters. The van der Waals surface area contributed by atoms with Gasteiger partial charge in [-0.3, -0.25) is 9.63 Å². The normalized spacial score (nSPS) is 11.0. The summed E-state index contributed by atoms with van der Waals surface area (Å²) in [6.45, 7) is 4.76. The minimum absolute atomic E-state index is 0.137. The highest BCUT2D eigenvalue weighted by molar-refractivity contribution is 5.85. The van der Waals surface area contributed by atoms with Gasteiger partial charge in [0.2, 0.25) is 5.91 Å². The Labute approximate surface area is 149 Å². The molecule has 0 aliphatic heterocycles. The van der Waals surface area contributed by atoms with Gasteiger partial charge < -0.3 is 10.8 Å². The number of amides is 1. The van der Waals surface area contributed by atoms with Gasteiger partial charge in [-0.15, -0.1) is 0 Å². The van der Waals surface area contributed by atoms with Crippen molar-refractivity contribution in [2.24, 2.45) is 0 Å². The van der Waals surface area contributed by atoms with E-state index < -0.39 is 0 Å². The van der Waals surface area contributed by atoms with Crippen LogP contribution >= 0.6 is 0 Å². The molecule has 5 nitrogen and oxygen atoms in total. The smallest absolute Gasteiger partial charge is 0.247 e. The largest absolute Gasteiger partial charge is 0.398 e. The first-order valence-corrected chi connectivity index (χ1v) is 8.95. The molecule has 4 N–H and O–H groups in total. The van der Waals surface area contributed by atoms with Gasteiger partial charge in [0.1, 0.15) is 0 Å². The first-order chi connectivity index (χ1) is 12.1. The lowest BCUT2D eigenvalue weighted by atomic mass is 10.1. The summed E-state index contributed by atoms with van der Waals surface area (Å²) in [4.78, 5) is 17.1. The number of hydrogen-bond acceptors (Lipinski definition) is 4. The molecule has 0 radical (unpaired) electrons. The molecule has 1 amide bonds. The maximum Gasteiger partial charge on any atom is 0.247 e. The van der Waals surface area contributed by atoms with Crippen LogP contribution < -0.4 is 11.2 Å². The number of nitrogens with one attached hydrogen (secondary N) is 1. The molecule has 0 atom stereocenters. The van der Waals surface area contributed by atoms with Crippen LogP contribution in [0.5, 0.6) is 0 Å². The molecule has 0 saturated heterocycles. The molecule has 0 aromatic rings. The SMILES string of the molecule is CCc1c2ccc(CC(=O)NOCCCCO)ccc-2c(CC)c1N. The Morgan fingerprint density at radius 2 is 1.68 bits per heavy atom.